The quantitative estimate of drug-likeness (QED) is 0.710. The summed E-state index contributed by atoms with van der Waals surface area (Å²) in [7, 11) is 0. The molecule has 0 radical (unpaired) electrons. The molecule has 1 aromatic heterocycles. The van der Waals surface area contributed by atoms with Crippen molar-refractivity contribution in [2.24, 2.45) is 0 Å². The number of hydrogen-bond acceptors (Lipinski definition) is 3. The van der Waals surface area contributed by atoms with Crippen molar-refractivity contribution < 1.29 is 4.79 Å². The molecule has 0 bridgehead atoms. The van der Waals surface area contributed by atoms with Crippen LogP contribution in [0.15, 0.2) is 18.6 Å². The van der Waals surface area contributed by atoms with Crippen LogP contribution in [-0.2, 0) is 0 Å². The average molecular weight is 194 g/mol. The van der Waals surface area contributed by atoms with Gasteiger partial charge in [0.2, 0.25) is 0 Å². The molecule has 0 aliphatic rings. The van der Waals surface area contributed by atoms with Crippen LogP contribution < -0.4 is 10.6 Å². The fraction of sp³-hybridized carbons (Fsp3) is 0.444. The third-order valence-electron chi connectivity index (χ3n) is 1.29. The standard InChI is InChI=1S/C9H14N4O/c1-9(2,3)13-8(14)12-7-6-10-4-5-11-7/h4-6H,1-3H3,(H2,11,12,13,14). The summed E-state index contributed by atoms with van der Waals surface area (Å²) in [5, 5.41) is 5.32. The van der Waals surface area contributed by atoms with Crippen LogP contribution in [0.25, 0.3) is 0 Å². The summed E-state index contributed by atoms with van der Waals surface area (Å²) in [6.07, 6.45) is 4.56. The number of anilines is 1. The van der Waals surface area contributed by atoms with E-state index in [4.69, 9.17) is 0 Å². The molecule has 1 aromatic rings. The van der Waals surface area contributed by atoms with Gasteiger partial charge in [0.05, 0.1) is 6.20 Å². The van der Waals surface area contributed by atoms with Crippen molar-refractivity contribution in [1.82, 2.24) is 15.3 Å². The van der Waals surface area contributed by atoms with Gasteiger partial charge < -0.3 is 5.32 Å². The first kappa shape index (κ1) is 10.4. The van der Waals surface area contributed by atoms with Crippen molar-refractivity contribution >= 4 is 11.8 Å². The second-order valence-electron chi connectivity index (χ2n) is 3.92. The number of urea groups is 1. The minimum Gasteiger partial charge on any atom is -0.333 e. The van der Waals surface area contributed by atoms with Gasteiger partial charge in [-0.3, -0.25) is 10.3 Å². The third-order valence-corrected chi connectivity index (χ3v) is 1.29. The maximum absolute atomic E-state index is 11.3. The van der Waals surface area contributed by atoms with E-state index in [-0.39, 0.29) is 11.6 Å². The normalized spacial score (nSPS) is 10.8. The summed E-state index contributed by atoms with van der Waals surface area (Å²) in [6, 6.07) is -0.280. The highest BCUT2D eigenvalue weighted by molar-refractivity contribution is 5.88. The van der Waals surface area contributed by atoms with Gasteiger partial charge in [0.15, 0.2) is 5.82 Å². The predicted molar refractivity (Wildman–Crippen MR) is 53.9 cm³/mol. The topological polar surface area (TPSA) is 66.9 Å². The zero-order valence-electron chi connectivity index (χ0n) is 8.53. The minimum absolute atomic E-state index is 0.258. The van der Waals surface area contributed by atoms with Gasteiger partial charge in [0, 0.05) is 17.9 Å². The molecule has 0 unspecified atom stereocenters. The Labute approximate surface area is 83.0 Å². The first-order valence-electron chi connectivity index (χ1n) is 4.32. The summed E-state index contributed by atoms with van der Waals surface area (Å²) in [6.45, 7) is 5.72. The van der Waals surface area contributed by atoms with Gasteiger partial charge in [0.25, 0.3) is 0 Å². The molecule has 0 aromatic carbocycles. The molecule has 1 heterocycles. The summed E-state index contributed by atoms with van der Waals surface area (Å²) >= 11 is 0. The Bertz CT molecular complexity index is 304. The lowest BCUT2D eigenvalue weighted by Crippen LogP contribution is -2.43. The fourth-order valence-corrected chi connectivity index (χ4v) is 0.852. The lowest BCUT2D eigenvalue weighted by atomic mass is 10.1. The maximum Gasteiger partial charge on any atom is 0.320 e. The van der Waals surface area contributed by atoms with Crippen molar-refractivity contribution in [3.8, 4) is 0 Å². The van der Waals surface area contributed by atoms with Crippen LogP contribution >= 0.6 is 0 Å². The van der Waals surface area contributed by atoms with E-state index in [1.165, 1.54) is 12.4 Å². The third kappa shape index (κ3) is 3.84. The van der Waals surface area contributed by atoms with Crippen LogP contribution in [0, 0.1) is 0 Å². The van der Waals surface area contributed by atoms with Gasteiger partial charge in [-0.25, -0.2) is 9.78 Å². The zero-order valence-corrected chi connectivity index (χ0v) is 8.53. The van der Waals surface area contributed by atoms with Gasteiger partial charge in [0.1, 0.15) is 0 Å². The highest BCUT2D eigenvalue weighted by Gasteiger charge is 2.13. The molecule has 0 aliphatic heterocycles. The van der Waals surface area contributed by atoms with Gasteiger partial charge in [-0.1, -0.05) is 0 Å². The second-order valence-corrected chi connectivity index (χ2v) is 3.92. The highest BCUT2D eigenvalue weighted by atomic mass is 16.2. The van der Waals surface area contributed by atoms with Gasteiger partial charge in [-0.15, -0.1) is 0 Å². The first-order valence-corrected chi connectivity index (χ1v) is 4.32. The maximum atomic E-state index is 11.3. The smallest absolute Gasteiger partial charge is 0.320 e. The van der Waals surface area contributed by atoms with E-state index < -0.39 is 0 Å². The van der Waals surface area contributed by atoms with Crippen molar-refractivity contribution in [2.75, 3.05) is 5.32 Å². The van der Waals surface area contributed by atoms with Crippen LogP contribution in [0.3, 0.4) is 0 Å². The van der Waals surface area contributed by atoms with E-state index in [0.717, 1.165) is 0 Å². The van der Waals surface area contributed by atoms with E-state index in [2.05, 4.69) is 20.6 Å². The van der Waals surface area contributed by atoms with Gasteiger partial charge >= 0.3 is 6.03 Å². The Kier molecular flexibility index (Phi) is 3.01. The van der Waals surface area contributed by atoms with Crippen LogP contribution in [0.4, 0.5) is 10.6 Å². The summed E-state index contributed by atoms with van der Waals surface area (Å²) in [5.41, 5.74) is -0.258. The largest absolute Gasteiger partial charge is 0.333 e. The Hall–Kier alpha value is -1.65. The molecule has 0 saturated carbocycles. The van der Waals surface area contributed by atoms with E-state index in [1.807, 2.05) is 20.8 Å². The first-order chi connectivity index (χ1) is 6.47. The van der Waals surface area contributed by atoms with Crippen molar-refractivity contribution in [3.63, 3.8) is 0 Å². The van der Waals surface area contributed by atoms with E-state index >= 15 is 0 Å². The number of rotatable bonds is 1. The van der Waals surface area contributed by atoms with Crippen LogP contribution in [0.5, 0.6) is 0 Å². The van der Waals surface area contributed by atoms with Gasteiger partial charge in [-0.05, 0) is 20.8 Å². The lowest BCUT2D eigenvalue weighted by molar-refractivity contribution is 0.243. The summed E-state index contributed by atoms with van der Waals surface area (Å²) < 4.78 is 0. The predicted octanol–water partition coefficient (Wildman–Crippen LogP) is 1.40. The van der Waals surface area contributed by atoms with Crippen molar-refractivity contribution in [2.45, 2.75) is 26.3 Å². The van der Waals surface area contributed by atoms with E-state index in [1.54, 1.807) is 6.20 Å². The number of nitrogens with zero attached hydrogens (tertiary/aromatic N) is 2. The molecule has 0 aliphatic carbocycles. The average Bonchev–Trinajstić information content (AvgIpc) is 2.02. The van der Waals surface area contributed by atoms with Gasteiger partial charge in [-0.2, -0.15) is 0 Å². The summed E-state index contributed by atoms with van der Waals surface area (Å²) in [5.74, 6) is 0.439. The molecule has 76 valence electrons. The molecule has 5 nitrogen and oxygen atoms in total. The summed E-state index contributed by atoms with van der Waals surface area (Å²) in [4.78, 5) is 19.1. The van der Waals surface area contributed by atoms with Crippen molar-refractivity contribution in [1.29, 1.82) is 0 Å². The fourth-order valence-electron chi connectivity index (χ4n) is 0.852. The molecule has 5 heteroatoms. The number of hydrogen-bond donors (Lipinski definition) is 2. The van der Waals surface area contributed by atoms with Crippen LogP contribution in [0.1, 0.15) is 20.8 Å². The number of carbonyl (C=O) groups excluding carboxylic acids is 1. The molecule has 0 spiro atoms. The second kappa shape index (κ2) is 4.04. The molecule has 0 fully saturated rings. The number of carbonyl (C=O) groups is 1. The minimum atomic E-state index is -0.280. The molecular weight excluding hydrogens is 180 g/mol. The van der Waals surface area contributed by atoms with Crippen molar-refractivity contribution in [3.05, 3.63) is 18.6 Å². The molecule has 0 atom stereocenters. The number of nitrogens with one attached hydrogen (secondary N) is 2. The van der Waals surface area contributed by atoms with E-state index in [0.29, 0.717) is 5.82 Å². The van der Waals surface area contributed by atoms with E-state index in [9.17, 15) is 4.79 Å². The molecule has 14 heavy (non-hydrogen) atoms. The number of amides is 2. The highest BCUT2D eigenvalue weighted by Crippen LogP contribution is 2.01. The zero-order chi connectivity index (χ0) is 10.6. The Morgan fingerprint density at radius 1 is 1.36 bits per heavy atom. The SMILES string of the molecule is CC(C)(C)NC(=O)Nc1cnccn1. The Morgan fingerprint density at radius 3 is 2.57 bits per heavy atom. The Morgan fingerprint density at radius 2 is 2.07 bits per heavy atom. The lowest BCUT2D eigenvalue weighted by Gasteiger charge is -2.20. The number of aromatic nitrogens is 2. The van der Waals surface area contributed by atoms with Crippen LogP contribution in [-0.4, -0.2) is 21.5 Å². The molecular formula is C9H14N4O. The molecule has 2 amide bonds. The monoisotopic (exact) mass is 194 g/mol. The molecule has 0 saturated heterocycles. The van der Waals surface area contributed by atoms with Crippen LogP contribution in [0.2, 0.25) is 0 Å². The molecule has 2 N–H and O–H groups in total. The Balaban J connectivity index is 2.50. The molecule has 1 rings (SSSR count).